The van der Waals surface area contributed by atoms with Gasteiger partial charge in [-0.1, -0.05) is 24.4 Å². The number of aromatic nitrogens is 2. The number of nitrogens with one attached hydrogen (secondary N) is 1. The van der Waals surface area contributed by atoms with Crippen LogP contribution in [0.2, 0.25) is 0 Å². The van der Waals surface area contributed by atoms with Crippen LogP contribution in [0.1, 0.15) is 57.8 Å². The summed E-state index contributed by atoms with van der Waals surface area (Å²) in [7, 11) is 1.64. The van der Waals surface area contributed by atoms with E-state index in [9.17, 15) is 4.79 Å². The van der Waals surface area contributed by atoms with Crippen LogP contribution in [0.25, 0.3) is 11.4 Å². The number of hydrogen-bond acceptors (Lipinski definition) is 6. The third-order valence-electron chi connectivity index (χ3n) is 7.45. The first-order chi connectivity index (χ1) is 15.2. The van der Waals surface area contributed by atoms with Crippen molar-refractivity contribution in [3.63, 3.8) is 0 Å². The molecule has 3 aliphatic rings. The fourth-order valence-corrected chi connectivity index (χ4v) is 5.31. The number of rotatable bonds is 6. The molecule has 5 rings (SSSR count). The van der Waals surface area contributed by atoms with Gasteiger partial charge >= 0.3 is 6.01 Å². The Balaban J connectivity index is 1.15. The molecule has 2 aromatic rings. The minimum atomic E-state index is 0.0845. The Morgan fingerprint density at radius 3 is 2.45 bits per heavy atom. The zero-order valence-electron chi connectivity index (χ0n) is 18.3. The molecular formula is C24H32N4O3. The highest BCUT2D eigenvalue weighted by Crippen LogP contribution is 2.48. The molecule has 7 heteroatoms. The molecule has 1 aromatic heterocycles. The second-order valence-electron chi connectivity index (χ2n) is 9.37. The van der Waals surface area contributed by atoms with E-state index in [4.69, 9.17) is 9.26 Å². The highest BCUT2D eigenvalue weighted by Gasteiger charge is 2.50. The van der Waals surface area contributed by atoms with Crippen LogP contribution in [0.3, 0.4) is 0 Å². The van der Waals surface area contributed by atoms with Gasteiger partial charge in [0.15, 0.2) is 0 Å². The van der Waals surface area contributed by atoms with Gasteiger partial charge in [-0.25, -0.2) is 0 Å². The van der Waals surface area contributed by atoms with Gasteiger partial charge in [0.25, 0.3) is 0 Å². The molecule has 0 bridgehead atoms. The van der Waals surface area contributed by atoms with Crippen LogP contribution in [0.4, 0.5) is 6.01 Å². The molecular weight excluding hydrogens is 392 g/mol. The predicted molar refractivity (Wildman–Crippen MR) is 118 cm³/mol. The SMILES string of the molecule is COc1ccc(-c2noc(N3CCC(C(=O)NC4(C5CCCCC5)CC4)CC3)n2)cc1. The Morgan fingerprint density at radius 2 is 1.81 bits per heavy atom. The smallest absolute Gasteiger partial charge is 0.324 e. The van der Waals surface area contributed by atoms with Crippen LogP contribution in [0.15, 0.2) is 28.8 Å². The zero-order chi connectivity index (χ0) is 21.3. The predicted octanol–water partition coefficient (Wildman–Crippen LogP) is 4.19. The summed E-state index contributed by atoms with van der Waals surface area (Å²) in [6, 6.07) is 8.14. The van der Waals surface area contributed by atoms with Gasteiger partial charge in [-0.3, -0.25) is 4.79 Å². The summed E-state index contributed by atoms with van der Waals surface area (Å²) >= 11 is 0. The van der Waals surface area contributed by atoms with Crippen LogP contribution in [0.5, 0.6) is 5.75 Å². The summed E-state index contributed by atoms with van der Waals surface area (Å²) in [6.07, 6.45) is 10.6. The maximum atomic E-state index is 13.0. The number of benzene rings is 1. The summed E-state index contributed by atoms with van der Waals surface area (Å²) in [6.45, 7) is 1.53. The van der Waals surface area contributed by atoms with E-state index in [0.29, 0.717) is 17.8 Å². The fraction of sp³-hybridized carbons (Fsp3) is 0.625. The minimum Gasteiger partial charge on any atom is -0.497 e. The van der Waals surface area contributed by atoms with Crippen LogP contribution >= 0.6 is 0 Å². The lowest BCUT2D eigenvalue weighted by Gasteiger charge is -2.34. The number of piperidine rings is 1. The van der Waals surface area contributed by atoms with Crippen LogP contribution in [0, 0.1) is 11.8 Å². The lowest BCUT2D eigenvalue weighted by atomic mass is 9.81. The molecule has 2 aliphatic carbocycles. The van der Waals surface area contributed by atoms with Crippen LogP contribution in [-0.2, 0) is 4.79 Å². The maximum Gasteiger partial charge on any atom is 0.324 e. The van der Waals surface area contributed by atoms with Gasteiger partial charge in [-0.2, -0.15) is 4.98 Å². The van der Waals surface area contributed by atoms with Crippen molar-refractivity contribution in [2.24, 2.45) is 11.8 Å². The number of anilines is 1. The Morgan fingerprint density at radius 1 is 1.10 bits per heavy atom. The van der Waals surface area contributed by atoms with Gasteiger partial charge in [0.2, 0.25) is 11.7 Å². The minimum absolute atomic E-state index is 0.0845. The first-order valence-corrected chi connectivity index (χ1v) is 11.7. The lowest BCUT2D eigenvalue weighted by Crippen LogP contribution is -2.48. The van der Waals surface area contributed by atoms with Gasteiger partial charge in [-0.05, 0) is 68.7 Å². The molecule has 0 atom stereocenters. The molecule has 2 saturated carbocycles. The van der Waals surface area contributed by atoms with E-state index in [-0.39, 0.29) is 17.4 Å². The van der Waals surface area contributed by atoms with Crippen molar-refractivity contribution in [1.82, 2.24) is 15.5 Å². The molecule has 1 saturated heterocycles. The van der Waals surface area contributed by atoms with E-state index in [2.05, 4.69) is 20.4 Å². The van der Waals surface area contributed by atoms with Gasteiger partial charge in [0.05, 0.1) is 7.11 Å². The van der Waals surface area contributed by atoms with Crippen molar-refractivity contribution >= 4 is 11.9 Å². The van der Waals surface area contributed by atoms with E-state index in [1.54, 1.807) is 7.11 Å². The Bertz CT molecular complexity index is 892. The zero-order valence-corrected chi connectivity index (χ0v) is 18.3. The quantitative estimate of drug-likeness (QED) is 0.749. The molecule has 2 heterocycles. The largest absolute Gasteiger partial charge is 0.497 e. The number of amides is 1. The first-order valence-electron chi connectivity index (χ1n) is 11.7. The second kappa shape index (κ2) is 8.52. The molecule has 7 nitrogen and oxygen atoms in total. The fourth-order valence-electron chi connectivity index (χ4n) is 5.31. The Labute approximate surface area is 183 Å². The van der Waals surface area contributed by atoms with E-state index in [1.807, 2.05) is 24.3 Å². The van der Waals surface area contributed by atoms with Gasteiger partial charge in [0.1, 0.15) is 5.75 Å². The third-order valence-corrected chi connectivity index (χ3v) is 7.45. The number of hydrogen-bond donors (Lipinski definition) is 1. The number of carbonyl (C=O) groups is 1. The number of ether oxygens (including phenoxy) is 1. The van der Waals surface area contributed by atoms with Crippen LogP contribution in [-0.4, -0.2) is 41.8 Å². The molecule has 0 radical (unpaired) electrons. The van der Waals surface area contributed by atoms with Gasteiger partial charge in [0, 0.05) is 30.1 Å². The van der Waals surface area contributed by atoms with Crippen molar-refractivity contribution in [2.45, 2.75) is 63.3 Å². The van der Waals surface area contributed by atoms with E-state index < -0.39 is 0 Å². The monoisotopic (exact) mass is 424 g/mol. The van der Waals surface area contributed by atoms with Gasteiger partial charge in [-0.15, -0.1) is 0 Å². The van der Waals surface area contributed by atoms with Crippen molar-refractivity contribution in [1.29, 1.82) is 0 Å². The molecule has 1 aliphatic heterocycles. The number of methoxy groups -OCH3 is 1. The van der Waals surface area contributed by atoms with E-state index >= 15 is 0 Å². The van der Waals surface area contributed by atoms with Crippen molar-refractivity contribution in [3.05, 3.63) is 24.3 Å². The van der Waals surface area contributed by atoms with Crippen molar-refractivity contribution < 1.29 is 14.1 Å². The average molecular weight is 425 g/mol. The molecule has 166 valence electrons. The summed E-state index contributed by atoms with van der Waals surface area (Å²) < 4.78 is 10.7. The third kappa shape index (κ3) is 4.27. The maximum absolute atomic E-state index is 13.0. The average Bonchev–Trinajstić information content (AvgIpc) is 3.44. The summed E-state index contributed by atoms with van der Waals surface area (Å²) in [5.41, 5.74) is 1.01. The topological polar surface area (TPSA) is 80.5 Å². The number of carbonyl (C=O) groups excluding carboxylic acids is 1. The van der Waals surface area contributed by atoms with Gasteiger partial charge < -0.3 is 19.5 Å². The summed E-state index contributed by atoms with van der Waals surface area (Å²) in [5, 5.41) is 7.61. The highest BCUT2D eigenvalue weighted by molar-refractivity contribution is 5.80. The van der Waals surface area contributed by atoms with Crippen LogP contribution < -0.4 is 15.0 Å². The molecule has 1 aromatic carbocycles. The van der Waals surface area contributed by atoms with E-state index in [0.717, 1.165) is 37.2 Å². The van der Waals surface area contributed by atoms with E-state index in [1.165, 1.54) is 44.9 Å². The first kappa shape index (κ1) is 20.3. The summed E-state index contributed by atoms with van der Waals surface area (Å²) in [5.74, 6) is 2.40. The molecule has 1 amide bonds. The normalized spacial score (nSPS) is 21.6. The lowest BCUT2D eigenvalue weighted by molar-refractivity contribution is -0.127. The highest BCUT2D eigenvalue weighted by atomic mass is 16.5. The van der Waals surface area contributed by atoms with Crippen molar-refractivity contribution in [2.75, 3.05) is 25.1 Å². The Hall–Kier alpha value is -2.57. The molecule has 31 heavy (non-hydrogen) atoms. The standard InChI is InChI=1S/C24H32N4O3/c1-30-20-9-7-17(8-10-20)21-25-23(31-27-21)28-15-11-18(12-16-28)22(29)26-24(13-14-24)19-5-3-2-4-6-19/h7-10,18-19H,2-6,11-16H2,1H3,(H,26,29). The molecule has 3 fully saturated rings. The second-order valence-corrected chi connectivity index (χ2v) is 9.37. The molecule has 1 N–H and O–H groups in total. The molecule has 0 unspecified atom stereocenters. The Kier molecular flexibility index (Phi) is 5.59. The number of nitrogens with zero attached hydrogens (tertiary/aromatic N) is 3. The van der Waals surface area contributed by atoms with Crippen molar-refractivity contribution in [3.8, 4) is 17.1 Å². The summed E-state index contributed by atoms with van der Waals surface area (Å²) in [4.78, 5) is 19.7. The molecule has 0 spiro atoms.